The van der Waals surface area contributed by atoms with Crippen LogP contribution in [0.1, 0.15) is 23.6 Å². The predicted octanol–water partition coefficient (Wildman–Crippen LogP) is 3.41. The van der Waals surface area contributed by atoms with Crippen molar-refractivity contribution in [1.82, 2.24) is 4.98 Å². The van der Waals surface area contributed by atoms with Gasteiger partial charge in [0, 0.05) is 28.1 Å². The highest BCUT2D eigenvalue weighted by Gasteiger charge is 2.31. The summed E-state index contributed by atoms with van der Waals surface area (Å²) < 4.78 is 4.67. The molecule has 2 heterocycles. The summed E-state index contributed by atoms with van der Waals surface area (Å²) in [7, 11) is 0. The van der Waals surface area contributed by atoms with Crippen LogP contribution in [0.4, 0.5) is 0 Å². The summed E-state index contributed by atoms with van der Waals surface area (Å²) in [5.41, 5.74) is 0.950. The summed E-state index contributed by atoms with van der Waals surface area (Å²) in [5, 5.41) is 1.49. The van der Waals surface area contributed by atoms with Gasteiger partial charge in [-0.25, -0.2) is 4.98 Å². The maximum atomic E-state index is 11.7. The molecule has 6 heteroatoms. The van der Waals surface area contributed by atoms with E-state index < -0.39 is 11.9 Å². The Labute approximate surface area is 124 Å². The van der Waals surface area contributed by atoms with Gasteiger partial charge >= 0.3 is 11.9 Å². The molecule has 1 aromatic heterocycles. The van der Waals surface area contributed by atoms with E-state index in [9.17, 15) is 9.59 Å². The SMILES string of the molecule is O=C1CCC(c2cnc(-c3ccc(Cl)cc3)s2)C(=O)O1. The van der Waals surface area contributed by atoms with Crippen molar-refractivity contribution in [1.29, 1.82) is 0 Å². The second-order valence-electron chi connectivity index (χ2n) is 4.46. The summed E-state index contributed by atoms with van der Waals surface area (Å²) in [6.07, 6.45) is 2.43. The smallest absolute Gasteiger partial charge is 0.321 e. The van der Waals surface area contributed by atoms with E-state index in [0.717, 1.165) is 15.4 Å². The third kappa shape index (κ3) is 2.59. The molecule has 1 saturated heterocycles. The van der Waals surface area contributed by atoms with Crippen molar-refractivity contribution >= 4 is 34.9 Å². The molecule has 2 aromatic rings. The molecule has 0 spiro atoms. The van der Waals surface area contributed by atoms with Crippen LogP contribution in [0.5, 0.6) is 0 Å². The zero-order valence-electron chi connectivity index (χ0n) is 10.3. The van der Waals surface area contributed by atoms with Gasteiger partial charge in [0.2, 0.25) is 0 Å². The first kappa shape index (κ1) is 13.3. The van der Waals surface area contributed by atoms with E-state index >= 15 is 0 Å². The van der Waals surface area contributed by atoms with E-state index in [1.165, 1.54) is 11.3 Å². The van der Waals surface area contributed by atoms with Crippen molar-refractivity contribution in [3.63, 3.8) is 0 Å². The van der Waals surface area contributed by atoms with Crippen LogP contribution in [0.15, 0.2) is 30.5 Å². The summed E-state index contributed by atoms with van der Waals surface area (Å²) in [5.74, 6) is -1.31. The zero-order chi connectivity index (χ0) is 14.1. The lowest BCUT2D eigenvalue weighted by atomic mass is 10.0. The average Bonchev–Trinajstić information content (AvgIpc) is 2.89. The van der Waals surface area contributed by atoms with E-state index in [1.807, 2.05) is 12.1 Å². The van der Waals surface area contributed by atoms with Gasteiger partial charge < -0.3 is 4.74 Å². The average molecular weight is 308 g/mol. The molecule has 3 rings (SSSR count). The minimum atomic E-state index is -0.479. The molecule has 0 amide bonds. The van der Waals surface area contributed by atoms with Crippen molar-refractivity contribution in [2.75, 3.05) is 0 Å². The van der Waals surface area contributed by atoms with Crippen LogP contribution in [0.3, 0.4) is 0 Å². The lowest BCUT2D eigenvalue weighted by Crippen LogP contribution is -2.25. The highest BCUT2D eigenvalue weighted by Crippen LogP contribution is 2.34. The number of benzene rings is 1. The highest BCUT2D eigenvalue weighted by molar-refractivity contribution is 7.15. The molecule has 4 nitrogen and oxygen atoms in total. The Balaban J connectivity index is 1.85. The highest BCUT2D eigenvalue weighted by atomic mass is 35.5. The molecule has 20 heavy (non-hydrogen) atoms. The number of nitrogens with zero attached hydrogens (tertiary/aromatic N) is 1. The molecule has 0 aliphatic carbocycles. The van der Waals surface area contributed by atoms with E-state index in [-0.39, 0.29) is 12.3 Å². The normalized spacial score (nSPS) is 18.9. The fourth-order valence-electron chi connectivity index (χ4n) is 2.05. The van der Waals surface area contributed by atoms with Gasteiger partial charge in [-0.2, -0.15) is 0 Å². The lowest BCUT2D eigenvalue weighted by molar-refractivity contribution is -0.164. The fourth-order valence-corrected chi connectivity index (χ4v) is 3.22. The summed E-state index contributed by atoms with van der Waals surface area (Å²) >= 11 is 7.29. The second-order valence-corrected chi connectivity index (χ2v) is 5.96. The van der Waals surface area contributed by atoms with Crippen LogP contribution in [-0.2, 0) is 14.3 Å². The quantitative estimate of drug-likeness (QED) is 0.630. The molecule has 0 radical (unpaired) electrons. The van der Waals surface area contributed by atoms with Gasteiger partial charge in [-0.3, -0.25) is 9.59 Å². The molecule has 0 bridgehead atoms. The van der Waals surface area contributed by atoms with Gasteiger partial charge in [-0.15, -0.1) is 11.3 Å². The summed E-state index contributed by atoms with van der Waals surface area (Å²) in [4.78, 5) is 27.9. The molecular weight excluding hydrogens is 298 g/mol. The molecular formula is C14H10ClNO3S. The number of aromatic nitrogens is 1. The first-order chi connectivity index (χ1) is 9.63. The van der Waals surface area contributed by atoms with E-state index in [4.69, 9.17) is 11.6 Å². The predicted molar refractivity (Wildman–Crippen MR) is 75.6 cm³/mol. The van der Waals surface area contributed by atoms with E-state index in [2.05, 4.69) is 9.72 Å². The monoisotopic (exact) mass is 307 g/mol. The van der Waals surface area contributed by atoms with Crippen molar-refractivity contribution in [3.05, 3.63) is 40.4 Å². The molecule has 1 fully saturated rings. The maximum Gasteiger partial charge on any atom is 0.321 e. The van der Waals surface area contributed by atoms with Crippen molar-refractivity contribution in [2.24, 2.45) is 0 Å². The molecule has 0 saturated carbocycles. The molecule has 1 aromatic carbocycles. The molecule has 1 atom stereocenters. The third-order valence-electron chi connectivity index (χ3n) is 3.09. The van der Waals surface area contributed by atoms with E-state index in [0.29, 0.717) is 11.4 Å². The van der Waals surface area contributed by atoms with Gasteiger partial charge in [-0.05, 0) is 18.6 Å². The first-order valence-corrected chi connectivity index (χ1v) is 7.29. The second kappa shape index (κ2) is 5.34. The number of carbonyl (C=O) groups is 2. The Hall–Kier alpha value is -1.72. The Morgan fingerprint density at radius 3 is 2.70 bits per heavy atom. The Morgan fingerprint density at radius 1 is 1.25 bits per heavy atom. The van der Waals surface area contributed by atoms with Crippen LogP contribution in [0.25, 0.3) is 10.6 Å². The molecule has 1 aliphatic heterocycles. The molecule has 102 valence electrons. The van der Waals surface area contributed by atoms with Crippen molar-refractivity contribution in [3.8, 4) is 10.6 Å². The van der Waals surface area contributed by atoms with Crippen LogP contribution < -0.4 is 0 Å². The number of halogens is 1. The van der Waals surface area contributed by atoms with Gasteiger partial charge in [-0.1, -0.05) is 23.7 Å². The number of hydrogen-bond donors (Lipinski definition) is 0. The fraction of sp³-hybridized carbons (Fsp3) is 0.214. The molecule has 1 unspecified atom stereocenters. The van der Waals surface area contributed by atoms with Crippen molar-refractivity contribution < 1.29 is 14.3 Å². The summed E-state index contributed by atoms with van der Waals surface area (Å²) in [6.45, 7) is 0. The molecule has 1 aliphatic rings. The number of hydrogen-bond acceptors (Lipinski definition) is 5. The van der Waals surface area contributed by atoms with Crippen LogP contribution in [0, 0.1) is 0 Å². The molecule has 0 N–H and O–H groups in total. The number of thiazole rings is 1. The van der Waals surface area contributed by atoms with Crippen molar-refractivity contribution in [2.45, 2.75) is 18.8 Å². The van der Waals surface area contributed by atoms with Gasteiger partial charge in [0.1, 0.15) is 5.01 Å². The van der Waals surface area contributed by atoms with E-state index in [1.54, 1.807) is 18.3 Å². The van der Waals surface area contributed by atoms with Gasteiger partial charge in [0.25, 0.3) is 0 Å². The third-order valence-corrected chi connectivity index (χ3v) is 4.51. The maximum absolute atomic E-state index is 11.7. The van der Waals surface area contributed by atoms with Crippen LogP contribution in [-0.4, -0.2) is 16.9 Å². The van der Waals surface area contributed by atoms with Gasteiger partial charge in [0.15, 0.2) is 0 Å². The minimum absolute atomic E-state index is 0.268. The van der Waals surface area contributed by atoms with Crippen LogP contribution >= 0.6 is 22.9 Å². The number of ether oxygens (including phenoxy) is 1. The number of esters is 2. The summed E-state index contributed by atoms with van der Waals surface area (Å²) in [6, 6.07) is 7.36. The number of cyclic esters (lactones) is 2. The largest absolute Gasteiger partial charge is 0.393 e. The Morgan fingerprint density at radius 2 is 2.00 bits per heavy atom. The van der Waals surface area contributed by atoms with Crippen LogP contribution in [0.2, 0.25) is 5.02 Å². The topological polar surface area (TPSA) is 56.3 Å². The number of rotatable bonds is 2. The Bertz CT molecular complexity index is 665. The minimum Gasteiger partial charge on any atom is -0.393 e. The standard InChI is InChI=1S/C14H10ClNO3S/c15-9-3-1-8(2-4-9)13-16-7-11(20-13)10-5-6-12(17)19-14(10)18/h1-4,7,10H,5-6H2. The number of carbonyl (C=O) groups excluding carboxylic acids is 2. The Kier molecular flexibility index (Phi) is 3.54. The van der Waals surface area contributed by atoms with Gasteiger partial charge in [0.05, 0.1) is 5.92 Å². The zero-order valence-corrected chi connectivity index (χ0v) is 11.9. The first-order valence-electron chi connectivity index (χ1n) is 6.09. The lowest BCUT2D eigenvalue weighted by Gasteiger charge is -2.17.